The van der Waals surface area contributed by atoms with E-state index in [0.717, 1.165) is 0 Å². The van der Waals surface area contributed by atoms with Gasteiger partial charge in [-0.2, -0.15) is 0 Å². The van der Waals surface area contributed by atoms with Crippen molar-refractivity contribution in [3.05, 3.63) is 35.9 Å². The van der Waals surface area contributed by atoms with Crippen molar-refractivity contribution in [1.29, 1.82) is 0 Å². The lowest BCUT2D eigenvalue weighted by Crippen LogP contribution is -2.31. The standard InChI is InChI=1S/C10H8O4/c11-8-6-13-10(12)9(14-8)7-4-2-1-3-5-7/h1-5,9H,6H2. The van der Waals surface area contributed by atoms with E-state index in [9.17, 15) is 9.59 Å². The van der Waals surface area contributed by atoms with Crippen LogP contribution >= 0.6 is 0 Å². The molecule has 4 heteroatoms. The minimum Gasteiger partial charge on any atom is -0.451 e. The molecule has 0 aliphatic carbocycles. The van der Waals surface area contributed by atoms with Gasteiger partial charge in [0.25, 0.3) is 0 Å². The summed E-state index contributed by atoms with van der Waals surface area (Å²) in [4.78, 5) is 22.1. The van der Waals surface area contributed by atoms with Gasteiger partial charge in [0.05, 0.1) is 0 Å². The third-order valence-corrected chi connectivity index (χ3v) is 1.90. The number of carbonyl (C=O) groups excluding carboxylic acids is 2. The highest BCUT2D eigenvalue weighted by molar-refractivity contribution is 5.86. The van der Waals surface area contributed by atoms with Gasteiger partial charge >= 0.3 is 11.9 Å². The topological polar surface area (TPSA) is 52.6 Å². The van der Waals surface area contributed by atoms with Gasteiger partial charge in [-0.05, 0) is 0 Å². The summed E-state index contributed by atoms with van der Waals surface area (Å²) < 4.78 is 9.51. The second-order valence-electron chi connectivity index (χ2n) is 2.89. The highest BCUT2D eigenvalue weighted by Crippen LogP contribution is 2.21. The summed E-state index contributed by atoms with van der Waals surface area (Å²) in [6, 6.07) is 8.78. The molecular weight excluding hydrogens is 184 g/mol. The molecule has 1 saturated heterocycles. The fraction of sp³-hybridized carbons (Fsp3) is 0.200. The van der Waals surface area contributed by atoms with Gasteiger partial charge in [-0.3, -0.25) is 0 Å². The Hall–Kier alpha value is -1.84. The van der Waals surface area contributed by atoms with E-state index in [1.165, 1.54) is 0 Å². The maximum Gasteiger partial charge on any atom is 0.352 e. The molecule has 72 valence electrons. The molecule has 1 aliphatic heterocycles. The second-order valence-corrected chi connectivity index (χ2v) is 2.89. The first-order valence-corrected chi connectivity index (χ1v) is 4.18. The van der Waals surface area contributed by atoms with Crippen LogP contribution in [0.15, 0.2) is 30.3 Å². The summed E-state index contributed by atoms with van der Waals surface area (Å²) in [6.07, 6.45) is -0.905. The smallest absolute Gasteiger partial charge is 0.352 e. The molecule has 4 nitrogen and oxygen atoms in total. The first-order valence-electron chi connectivity index (χ1n) is 4.18. The van der Waals surface area contributed by atoms with Crippen LogP contribution < -0.4 is 0 Å². The molecule has 1 aromatic rings. The summed E-state index contributed by atoms with van der Waals surface area (Å²) in [5.41, 5.74) is 0.630. The number of carbonyl (C=O) groups is 2. The lowest BCUT2D eigenvalue weighted by Gasteiger charge is -2.21. The van der Waals surface area contributed by atoms with Crippen LogP contribution in [0.25, 0.3) is 0 Å². The molecule has 0 saturated carbocycles. The molecule has 14 heavy (non-hydrogen) atoms. The van der Waals surface area contributed by atoms with Gasteiger partial charge in [0.1, 0.15) is 0 Å². The molecule has 1 aromatic carbocycles. The number of cyclic esters (lactones) is 2. The number of benzene rings is 1. The predicted octanol–water partition coefficient (Wildman–Crippen LogP) is 0.828. The van der Waals surface area contributed by atoms with Crippen LogP contribution in [0, 0.1) is 0 Å². The molecule has 1 heterocycles. The fourth-order valence-corrected chi connectivity index (χ4v) is 1.25. The van der Waals surface area contributed by atoms with Crippen LogP contribution in [0.2, 0.25) is 0 Å². The van der Waals surface area contributed by atoms with Gasteiger partial charge in [-0.25, -0.2) is 9.59 Å². The molecule has 1 fully saturated rings. The van der Waals surface area contributed by atoms with Gasteiger partial charge in [-0.1, -0.05) is 30.3 Å². The predicted molar refractivity (Wildman–Crippen MR) is 46.2 cm³/mol. The van der Waals surface area contributed by atoms with E-state index in [1.807, 2.05) is 6.07 Å². The van der Waals surface area contributed by atoms with E-state index in [1.54, 1.807) is 24.3 Å². The normalized spacial score (nSPS) is 21.3. The number of esters is 2. The van der Waals surface area contributed by atoms with Crippen molar-refractivity contribution in [1.82, 2.24) is 0 Å². The zero-order chi connectivity index (χ0) is 9.97. The number of hydrogen-bond donors (Lipinski definition) is 0. The maximum atomic E-state index is 11.2. The highest BCUT2D eigenvalue weighted by atomic mass is 16.6. The van der Waals surface area contributed by atoms with Crippen molar-refractivity contribution >= 4 is 11.9 Å². The highest BCUT2D eigenvalue weighted by Gasteiger charge is 2.31. The number of hydrogen-bond acceptors (Lipinski definition) is 4. The second kappa shape index (κ2) is 3.49. The monoisotopic (exact) mass is 192 g/mol. The zero-order valence-corrected chi connectivity index (χ0v) is 7.30. The van der Waals surface area contributed by atoms with E-state index in [2.05, 4.69) is 4.74 Å². The van der Waals surface area contributed by atoms with Crippen LogP contribution in [0.4, 0.5) is 0 Å². The Bertz CT molecular complexity index is 358. The van der Waals surface area contributed by atoms with E-state index in [4.69, 9.17) is 4.74 Å². The molecule has 1 aliphatic rings. The molecule has 0 radical (unpaired) electrons. The minimum absolute atomic E-state index is 0.290. The van der Waals surface area contributed by atoms with Gasteiger partial charge < -0.3 is 9.47 Å². The largest absolute Gasteiger partial charge is 0.451 e. The van der Waals surface area contributed by atoms with E-state index >= 15 is 0 Å². The Balaban J connectivity index is 2.24. The summed E-state index contributed by atoms with van der Waals surface area (Å²) >= 11 is 0. The SMILES string of the molecule is O=C1COC(=O)C(c2ccccc2)O1. The summed E-state index contributed by atoms with van der Waals surface area (Å²) in [5.74, 6) is -1.03. The number of ether oxygens (including phenoxy) is 2. The van der Waals surface area contributed by atoms with Crippen molar-refractivity contribution in [2.45, 2.75) is 6.10 Å². The lowest BCUT2D eigenvalue weighted by molar-refractivity contribution is -0.185. The van der Waals surface area contributed by atoms with Gasteiger partial charge in [0, 0.05) is 5.56 Å². The Morgan fingerprint density at radius 2 is 1.86 bits per heavy atom. The number of rotatable bonds is 1. The van der Waals surface area contributed by atoms with Crippen molar-refractivity contribution in [3.8, 4) is 0 Å². The Morgan fingerprint density at radius 3 is 2.57 bits per heavy atom. The first-order chi connectivity index (χ1) is 6.77. The Morgan fingerprint density at radius 1 is 1.14 bits per heavy atom. The van der Waals surface area contributed by atoms with Crippen molar-refractivity contribution in [2.24, 2.45) is 0 Å². The summed E-state index contributed by atoms with van der Waals surface area (Å²) in [7, 11) is 0. The molecule has 0 spiro atoms. The summed E-state index contributed by atoms with van der Waals surface area (Å²) in [5, 5.41) is 0. The molecule has 0 aromatic heterocycles. The Labute approximate surface area is 80.4 Å². The molecule has 0 amide bonds. The van der Waals surface area contributed by atoms with Crippen molar-refractivity contribution in [2.75, 3.05) is 6.61 Å². The van der Waals surface area contributed by atoms with Crippen LogP contribution in [-0.2, 0) is 19.1 Å². The van der Waals surface area contributed by atoms with E-state index in [0.29, 0.717) is 5.56 Å². The molecule has 1 atom stereocenters. The van der Waals surface area contributed by atoms with Gasteiger partial charge in [-0.15, -0.1) is 0 Å². The summed E-state index contributed by atoms with van der Waals surface area (Å²) in [6.45, 7) is -0.290. The van der Waals surface area contributed by atoms with Crippen LogP contribution in [0.3, 0.4) is 0 Å². The fourth-order valence-electron chi connectivity index (χ4n) is 1.25. The Kier molecular flexibility index (Phi) is 2.18. The molecule has 2 rings (SSSR count). The lowest BCUT2D eigenvalue weighted by atomic mass is 10.1. The quantitative estimate of drug-likeness (QED) is 0.618. The average Bonchev–Trinajstić information content (AvgIpc) is 2.23. The molecular formula is C10H8O4. The van der Waals surface area contributed by atoms with Crippen LogP contribution in [0.1, 0.15) is 11.7 Å². The van der Waals surface area contributed by atoms with E-state index in [-0.39, 0.29) is 6.61 Å². The third kappa shape index (κ3) is 1.59. The molecule has 0 bridgehead atoms. The van der Waals surface area contributed by atoms with Gasteiger partial charge in [0.2, 0.25) is 6.10 Å². The minimum atomic E-state index is -0.905. The van der Waals surface area contributed by atoms with Gasteiger partial charge in [0.15, 0.2) is 6.61 Å². The van der Waals surface area contributed by atoms with E-state index < -0.39 is 18.0 Å². The van der Waals surface area contributed by atoms with Crippen molar-refractivity contribution in [3.63, 3.8) is 0 Å². The van der Waals surface area contributed by atoms with Crippen molar-refractivity contribution < 1.29 is 19.1 Å². The average molecular weight is 192 g/mol. The third-order valence-electron chi connectivity index (χ3n) is 1.90. The van der Waals surface area contributed by atoms with Crippen LogP contribution in [0.5, 0.6) is 0 Å². The maximum absolute atomic E-state index is 11.2. The molecule has 0 N–H and O–H groups in total. The molecule has 1 unspecified atom stereocenters. The van der Waals surface area contributed by atoms with Crippen LogP contribution in [-0.4, -0.2) is 18.5 Å². The zero-order valence-electron chi connectivity index (χ0n) is 7.30. The first kappa shape index (κ1) is 8.74.